The van der Waals surface area contributed by atoms with Gasteiger partial charge in [0.05, 0.1) is 22.4 Å². The topological polar surface area (TPSA) is 79.5 Å². The molecule has 7 heteroatoms. The van der Waals surface area contributed by atoms with Gasteiger partial charge in [0.25, 0.3) is 5.91 Å². The summed E-state index contributed by atoms with van der Waals surface area (Å²) in [4.78, 5) is 18.0. The lowest BCUT2D eigenvalue weighted by atomic mass is 10.0. The fourth-order valence-corrected chi connectivity index (χ4v) is 2.88. The first-order valence-electron chi connectivity index (χ1n) is 7.03. The lowest BCUT2D eigenvalue weighted by Gasteiger charge is -2.15. The Morgan fingerprint density at radius 2 is 2.27 bits per heavy atom. The maximum atomic E-state index is 12.4. The normalized spacial score (nSPS) is 21.3. The van der Waals surface area contributed by atoms with Gasteiger partial charge in [0.15, 0.2) is 0 Å². The SMILES string of the molecule is Cc1cc(C[C@@H]2CN(C(=O)c3cncc(Cl)c3)C[C@H]2O)on1. The van der Waals surface area contributed by atoms with Crippen molar-refractivity contribution in [2.24, 2.45) is 5.92 Å². The van der Waals surface area contributed by atoms with E-state index in [4.69, 9.17) is 16.1 Å². The van der Waals surface area contributed by atoms with E-state index in [-0.39, 0.29) is 11.8 Å². The first-order chi connectivity index (χ1) is 10.5. The summed E-state index contributed by atoms with van der Waals surface area (Å²) in [5.41, 5.74) is 1.23. The minimum absolute atomic E-state index is 0.0663. The van der Waals surface area contributed by atoms with E-state index in [1.807, 2.05) is 13.0 Å². The number of hydrogen-bond donors (Lipinski definition) is 1. The standard InChI is InChI=1S/C15H16ClN3O3/c1-9-2-13(22-18-9)4-11-7-19(8-14(11)20)15(21)10-3-12(16)6-17-5-10/h2-3,5-6,11,14,20H,4,7-8H2,1H3/t11-,14-/m1/s1. The lowest BCUT2D eigenvalue weighted by Crippen LogP contribution is -2.29. The summed E-state index contributed by atoms with van der Waals surface area (Å²) in [6.45, 7) is 2.61. The van der Waals surface area contributed by atoms with Crippen molar-refractivity contribution in [3.63, 3.8) is 0 Å². The average molecular weight is 322 g/mol. The number of nitrogens with zero attached hydrogens (tertiary/aromatic N) is 3. The second-order valence-corrected chi connectivity index (χ2v) is 6.00. The Hall–Kier alpha value is -1.92. The molecule has 3 rings (SSSR count). The van der Waals surface area contributed by atoms with E-state index in [1.165, 1.54) is 12.4 Å². The summed E-state index contributed by atoms with van der Waals surface area (Å²) in [6, 6.07) is 3.43. The molecule has 1 fully saturated rings. The number of β-amino-alcohol motifs (C(OH)–C–C–N with tert-alkyl or cyclic N) is 1. The van der Waals surface area contributed by atoms with E-state index in [0.717, 1.165) is 11.5 Å². The van der Waals surface area contributed by atoms with Crippen molar-refractivity contribution in [3.05, 3.63) is 46.6 Å². The van der Waals surface area contributed by atoms with Gasteiger partial charge in [0.2, 0.25) is 0 Å². The Balaban J connectivity index is 1.68. The molecule has 0 saturated carbocycles. The monoisotopic (exact) mass is 321 g/mol. The van der Waals surface area contributed by atoms with Crippen LogP contribution in [-0.4, -0.2) is 45.2 Å². The minimum atomic E-state index is -0.582. The first kappa shape index (κ1) is 15.0. The molecule has 2 aromatic heterocycles. The molecular weight excluding hydrogens is 306 g/mol. The number of carbonyl (C=O) groups is 1. The number of aromatic nitrogens is 2. The maximum absolute atomic E-state index is 12.4. The van der Waals surface area contributed by atoms with Gasteiger partial charge in [-0.1, -0.05) is 16.8 Å². The zero-order chi connectivity index (χ0) is 15.7. The van der Waals surface area contributed by atoms with Crippen molar-refractivity contribution in [1.82, 2.24) is 15.0 Å². The van der Waals surface area contributed by atoms with Crippen LogP contribution in [0.3, 0.4) is 0 Å². The van der Waals surface area contributed by atoms with Crippen LogP contribution in [-0.2, 0) is 6.42 Å². The fourth-order valence-electron chi connectivity index (χ4n) is 2.70. The van der Waals surface area contributed by atoms with Gasteiger partial charge in [-0.05, 0) is 13.0 Å². The van der Waals surface area contributed by atoms with Crippen LogP contribution < -0.4 is 0 Å². The van der Waals surface area contributed by atoms with Crippen LogP contribution in [0.2, 0.25) is 5.02 Å². The van der Waals surface area contributed by atoms with E-state index >= 15 is 0 Å². The zero-order valence-electron chi connectivity index (χ0n) is 12.1. The Labute approximate surface area is 132 Å². The molecule has 1 saturated heterocycles. The zero-order valence-corrected chi connectivity index (χ0v) is 12.8. The fraction of sp³-hybridized carbons (Fsp3) is 0.400. The van der Waals surface area contributed by atoms with E-state index < -0.39 is 6.10 Å². The maximum Gasteiger partial charge on any atom is 0.255 e. The van der Waals surface area contributed by atoms with Gasteiger partial charge in [-0.2, -0.15) is 0 Å². The molecule has 0 aliphatic carbocycles. The van der Waals surface area contributed by atoms with Gasteiger partial charge in [-0.25, -0.2) is 0 Å². The summed E-state index contributed by atoms with van der Waals surface area (Å²) in [6.07, 6.45) is 2.93. The number of rotatable bonds is 3. The van der Waals surface area contributed by atoms with E-state index in [1.54, 1.807) is 11.0 Å². The van der Waals surface area contributed by atoms with Crippen LogP contribution in [0.15, 0.2) is 29.0 Å². The number of aliphatic hydroxyl groups excluding tert-OH is 1. The molecule has 3 heterocycles. The third-order valence-corrected chi connectivity index (χ3v) is 3.99. The molecular formula is C15H16ClN3O3. The van der Waals surface area contributed by atoms with Crippen LogP contribution in [0.5, 0.6) is 0 Å². The highest BCUT2D eigenvalue weighted by atomic mass is 35.5. The molecule has 0 unspecified atom stereocenters. The predicted octanol–water partition coefficient (Wildman–Crippen LogP) is 1.71. The molecule has 1 aliphatic heterocycles. The number of halogens is 1. The summed E-state index contributed by atoms with van der Waals surface area (Å²) < 4.78 is 5.18. The van der Waals surface area contributed by atoms with Gasteiger partial charge < -0.3 is 14.5 Å². The summed E-state index contributed by atoms with van der Waals surface area (Å²) >= 11 is 5.86. The predicted molar refractivity (Wildman–Crippen MR) is 79.6 cm³/mol. The van der Waals surface area contributed by atoms with Gasteiger partial charge >= 0.3 is 0 Å². The Morgan fingerprint density at radius 1 is 1.45 bits per heavy atom. The van der Waals surface area contributed by atoms with Crippen molar-refractivity contribution < 1.29 is 14.4 Å². The van der Waals surface area contributed by atoms with Crippen molar-refractivity contribution in [2.45, 2.75) is 19.4 Å². The second-order valence-electron chi connectivity index (χ2n) is 5.57. The van der Waals surface area contributed by atoms with E-state index in [9.17, 15) is 9.90 Å². The van der Waals surface area contributed by atoms with Gasteiger partial charge in [-0.3, -0.25) is 9.78 Å². The molecule has 2 aromatic rings. The molecule has 1 N–H and O–H groups in total. The Kier molecular flexibility index (Phi) is 4.13. The van der Waals surface area contributed by atoms with Crippen LogP contribution in [0.1, 0.15) is 21.8 Å². The number of amides is 1. The second kappa shape index (κ2) is 6.06. The number of likely N-dealkylation sites (tertiary alicyclic amines) is 1. The molecule has 1 aliphatic rings. The van der Waals surface area contributed by atoms with Crippen molar-refractivity contribution >= 4 is 17.5 Å². The average Bonchev–Trinajstić information content (AvgIpc) is 3.05. The number of carbonyl (C=O) groups excluding carboxylic acids is 1. The summed E-state index contributed by atoms with van der Waals surface area (Å²) in [7, 11) is 0. The molecule has 6 nitrogen and oxygen atoms in total. The molecule has 0 spiro atoms. The number of aryl methyl sites for hydroxylation is 1. The number of aliphatic hydroxyl groups is 1. The Bertz CT molecular complexity index is 688. The first-order valence-corrected chi connectivity index (χ1v) is 7.41. The molecule has 2 atom stereocenters. The number of hydrogen-bond acceptors (Lipinski definition) is 5. The number of pyridine rings is 1. The van der Waals surface area contributed by atoms with Crippen LogP contribution in [0.4, 0.5) is 0 Å². The minimum Gasteiger partial charge on any atom is -0.391 e. The molecule has 116 valence electrons. The molecule has 0 aromatic carbocycles. The highest BCUT2D eigenvalue weighted by molar-refractivity contribution is 6.30. The van der Waals surface area contributed by atoms with Crippen LogP contribution in [0, 0.1) is 12.8 Å². The third kappa shape index (κ3) is 3.13. The summed E-state index contributed by atoms with van der Waals surface area (Å²) in [5, 5.41) is 14.4. The molecule has 1 amide bonds. The van der Waals surface area contributed by atoms with Gasteiger partial charge in [-0.15, -0.1) is 0 Å². The van der Waals surface area contributed by atoms with Crippen LogP contribution in [0.25, 0.3) is 0 Å². The lowest BCUT2D eigenvalue weighted by molar-refractivity contribution is 0.0764. The largest absolute Gasteiger partial charge is 0.391 e. The molecule has 0 radical (unpaired) electrons. The molecule has 22 heavy (non-hydrogen) atoms. The van der Waals surface area contributed by atoms with Crippen molar-refractivity contribution in [2.75, 3.05) is 13.1 Å². The smallest absolute Gasteiger partial charge is 0.255 e. The summed E-state index contributed by atoms with van der Waals surface area (Å²) in [5.74, 6) is 0.481. The molecule has 0 bridgehead atoms. The van der Waals surface area contributed by atoms with E-state index in [0.29, 0.717) is 30.1 Å². The third-order valence-electron chi connectivity index (χ3n) is 3.79. The van der Waals surface area contributed by atoms with Crippen molar-refractivity contribution in [1.29, 1.82) is 0 Å². The highest BCUT2D eigenvalue weighted by Gasteiger charge is 2.35. The quantitative estimate of drug-likeness (QED) is 0.931. The Morgan fingerprint density at radius 3 is 2.95 bits per heavy atom. The van der Waals surface area contributed by atoms with Gasteiger partial charge in [0, 0.05) is 43.9 Å². The highest BCUT2D eigenvalue weighted by Crippen LogP contribution is 2.24. The van der Waals surface area contributed by atoms with E-state index in [2.05, 4.69) is 10.1 Å². The van der Waals surface area contributed by atoms with Crippen LogP contribution >= 0.6 is 11.6 Å². The van der Waals surface area contributed by atoms with Crippen molar-refractivity contribution in [3.8, 4) is 0 Å². The van der Waals surface area contributed by atoms with Gasteiger partial charge in [0.1, 0.15) is 5.76 Å².